The van der Waals surface area contributed by atoms with Gasteiger partial charge in [0.2, 0.25) is 0 Å². The molecule has 4 aromatic rings. The Labute approximate surface area is 183 Å². The van der Waals surface area contributed by atoms with Crippen molar-refractivity contribution in [3.8, 4) is 11.5 Å². The van der Waals surface area contributed by atoms with Crippen LogP contribution < -0.4 is 9.64 Å². The van der Waals surface area contributed by atoms with E-state index in [1.54, 1.807) is 17.0 Å². The molecular weight excluding hydrogens is 404 g/mol. The highest BCUT2D eigenvalue weighted by atomic mass is 16.6. The lowest BCUT2D eigenvalue weighted by atomic mass is 9.74. The van der Waals surface area contributed by atoms with Crippen LogP contribution in [-0.4, -0.2) is 10.8 Å². The first-order valence-corrected chi connectivity index (χ1v) is 10.2. The normalized spacial score (nSPS) is 15.0. The van der Waals surface area contributed by atoms with E-state index in [9.17, 15) is 14.9 Å². The fourth-order valence-corrected chi connectivity index (χ4v) is 4.92. The van der Waals surface area contributed by atoms with E-state index < -0.39 is 10.5 Å². The second-order valence-electron chi connectivity index (χ2n) is 7.76. The molecule has 0 unspecified atom stereocenters. The molecule has 6 heteroatoms. The molecule has 2 aliphatic rings. The van der Waals surface area contributed by atoms with Crippen LogP contribution in [0.25, 0.3) is 0 Å². The van der Waals surface area contributed by atoms with Crippen LogP contribution in [0.15, 0.2) is 97.1 Å². The number of carbonyl (C=O) groups is 1. The van der Waals surface area contributed by atoms with Gasteiger partial charge in [-0.1, -0.05) is 54.6 Å². The van der Waals surface area contributed by atoms with Crippen molar-refractivity contribution in [1.82, 2.24) is 0 Å². The van der Waals surface area contributed by atoms with Gasteiger partial charge in [-0.3, -0.25) is 19.8 Å². The van der Waals surface area contributed by atoms with Crippen molar-refractivity contribution in [3.63, 3.8) is 0 Å². The number of nitro benzene ring substituents is 1. The predicted molar refractivity (Wildman–Crippen MR) is 119 cm³/mol. The summed E-state index contributed by atoms with van der Waals surface area (Å²) in [6, 6.07) is 29.1. The molecule has 154 valence electrons. The van der Waals surface area contributed by atoms with E-state index >= 15 is 0 Å². The molecule has 2 aliphatic heterocycles. The summed E-state index contributed by atoms with van der Waals surface area (Å²) in [6.45, 7) is 0. The summed E-state index contributed by atoms with van der Waals surface area (Å²) in [6.07, 6.45) is 0. The lowest BCUT2D eigenvalue weighted by Crippen LogP contribution is -2.47. The predicted octanol–water partition coefficient (Wildman–Crippen LogP) is 5.65. The van der Waals surface area contributed by atoms with E-state index in [4.69, 9.17) is 4.74 Å². The Morgan fingerprint density at radius 3 is 1.84 bits per heavy atom. The summed E-state index contributed by atoms with van der Waals surface area (Å²) >= 11 is 0. The first-order chi connectivity index (χ1) is 15.6. The van der Waals surface area contributed by atoms with Gasteiger partial charge in [-0.15, -0.1) is 0 Å². The van der Waals surface area contributed by atoms with Crippen LogP contribution in [0.4, 0.5) is 11.4 Å². The van der Waals surface area contributed by atoms with Gasteiger partial charge in [0.25, 0.3) is 11.6 Å². The Bertz CT molecular complexity index is 1370. The third-order valence-corrected chi connectivity index (χ3v) is 6.18. The Morgan fingerprint density at radius 2 is 1.25 bits per heavy atom. The summed E-state index contributed by atoms with van der Waals surface area (Å²) < 4.78 is 6.22. The van der Waals surface area contributed by atoms with Crippen molar-refractivity contribution in [1.29, 1.82) is 0 Å². The zero-order chi connectivity index (χ0) is 21.9. The maximum absolute atomic E-state index is 13.9. The van der Waals surface area contributed by atoms with Crippen LogP contribution >= 0.6 is 0 Å². The zero-order valence-corrected chi connectivity index (χ0v) is 16.8. The van der Waals surface area contributed by atoms with E-state index in [2.05, 4.69) is 0 Å². The molecule has 0 bridgehead atoms. The SMILES string of the molecule is O=C1c2ccccc2C2(c3ccccc3Oc3ccccc32)N1c1ccc([N+](=O)[O-])cc1. The molecule has 0 aliphatic carbocycles. The molecule has 0 saturated carbocycles. The second-order valence-corrected chi connectivity index (χ2v) is 7.76. The number of hydrogen-bond donors (Lipinski definition) is 0. The summed E-state index contributed by atoms with van der Waals surface area (Å²) in [7, 11) is 0. The topological polar surface area (TPSA) is 72.7 Å². The van der Waals surface area contributed by atoms with Gasteiger partial charge >= 0.3 is 0 Å². The highest BCUT2D eigenvalue weighted by molar-refractivity contribution is 6.14. The number of rotatable bonds is 2. The van der Waals surface area contributed by atoms with E-state index in [0.717, 1.165) is 16.7 Å². The number of hydrogen-bond acceptors (Lipinski definition) is 4. The van der Waals surface area contributed by atoms with Gasteiger partial charge in [0, 0.05) is 40.1 Å². The van der Waals surface area contributed by atoms with Crippen LogP contribution in [-0.2, 0) is 5.54 Å². The minimum Gasteiger partial charge on any atom is -0.457 e. The number of fused-ring (bicyclic) bond motifs is 6. The van der Waals surface area contributed by atoms with Crippen molar-refractivity contribution in [2.75, 3.05) is 4.90 Å². The van der Waals surface area contributed by atoms with Gasteiger partial charge in [0.1, 0.15) is 17.0 Å². The molecule has 4 aromatic carbocycles. The highest BCUT2D eigenvalue weighted by Gasteiger charge is 2.56. The molecule has 6 rings (SSSR count). The summed E-state index contributed by atoms with van der Waals surface area (Å²) in [5.41, 5.74) is 2.72. The van der Waals surface area contributed by atoms with Gasteiger partial charge in [0.05, 0.1) is 4.92 Å². The number of ether oxygens (including phenoxy) is 1. The molecule has 2 heterocycles. The fourth-order valence-electron chi connectivity index (χ4n) is 4.92. The maximum atomic E-state index is 13.9. The molecule has 0 atom stereocenters. The van der Waals surface area contributed by atoms with Crippen molar-refractivity contribution >= 4 is 17.3 Å². The minimum atomic E-state index is -0.963. The molecule has 32 heavy (non-hydrogen) atoms. The molecule has 1 amide bonds. The van der Waals surface area contributed by atoms with E-state index in [1.165, 1.54) is 12.1 Å². The van der Waals surface area contributed by atoms with Crippen molar-refractivity contribution in [2.45, 2.75) is 5.54 Å². The van der Waals surface area contributed by atoms with E-state index in [0.29, 0.717) is 22.7 Å². The Hall–Kier alpha value is -4.45. The van der Waals surface area contributed by atoms with Gasteiger partial charge < -0.3 is 4.74 Å². The molecule has 0 saturated heterocycles. The summed E-state index contributed by atoms with van der Waals surface area (Å²) in [5.74, 6) is 1.17. The van der Waals surface area contributed by atoms with Gasteiger partial charge in [-0.05, 0) is 30.3 Å². The molecule has 0 fully saturated rings. The standard InChI is InChI=1S/C26H16N2O4/c29-25-19-7-1-2-8-20(19)26(27(25)17-13-15-18(16-14-17)28(30)31)21-9-3-5-11-23(21)32-24-12-6-4-10-22(24)26/h1-16H. The smallest absolute Gasteiger partial charge is 0.269 e. The number of benzene rings is 4. The highest BCUT2D eigenvalue weighted by Crippen LogP contribution is 2.58. The monoisotopic (exact) mass is 420 g/mol. The number of non-ortho nitro benzene ring substituents is 1. The van der Waals surface area contributed by atoms with E-state index in [1.807, 2.05) is 72.8 Å². The molecule has 0 radical (unpaired) electrons. The van der Waals surface area contributed by atoms with Crippen molar-refractivity contribution in [3.05, 3.63) is 129 Å². The van der Waals surface area contributed by atoms with Crippen LogP contribution in [0.1, 0.15) is 27.0 Å². The van der Waals surface area contributed by atoms with Crippen LogP contribution in [0.3, 0.4) is 0 Å². The van der Waals surface area contributed by atoms with Crippen LogP contribution in [0.5, 0.6) is 11.5 Å². The maximum Gasteiger partial charge on any atom is 0.269 e. The first-order valence-electron chi connectivity index (χ1n) is 10.2. The lowest BCUT2D eigenvalue weighted by molar-refractivity contribution is -0.384. The summed E-state index contributed by atoms with van der Waals surface area (Å²) in [5, 5.41) is 11.2. The second kappa shape index (κ2) is 6.52. The fraction of sp³-hybridized carbons (Fsp3) is 0.0385. The average molecular weight is 420 g/mol. The van der Waals surface area contributed by atoms with E-state index in [-0.39, 0.29) is 11.6 Å². The Morgan fingerprint density at radius 1 is 0.719 bits per heavy atom. The van der Waals surface area contributed by atoms with Gasteiger partial charge in [-0.25, -0.2) is 0 Å². The van der Waals surface area contributed by atoms with Crippen LogP contribution in [0, 0.1) is 10.1 Å². The first kappa shape index (κ1) is 18.3. The third-order valence-electron chi connectivity index (χ3n) is 6.18. The average Bonchev–Trinajstić information content (AvgIpc) is 3.09. The molecule has 0 N–H and O–H groups in total. The number of anilines is 1. The number of nitro groups is 1. The van der Waals surface area contributed by atoms with Crippen molar-refractivity contribution < 1.29 is 14.5 Å². The summed E-state index contributed by atoms with van der Waals surface area (Å²) in [4.78, 5) is 26.4. The molecule has 6 nitrogen and oxygen atoms in total. The molecule has 1 spiro atoms. The number of amides is 1. The molecule has 0 aromatic heterocycles. The molecular formula is C26H16N2O4. The number of nitrogens with zero attached hydrogens (tertiary/aromatic N) is 2. The van der Waals surface area contributed by atoms with Gasteiger partial charge in [-0.2, -0.15) is 0 Å². The Balaban J connectivity index is 1.73. The third kappa shape index (κ3) is 2.26. The minimum absolute atomic E-state index is 0.0280. The zero-order valence-electron chi connectivity index (χ0n) is 16.8. The van der Waals surface area contributed by atoms with Crippen LogP contribution in [0.2, 0.25) is 0 Å². The lowest BCUT2D eigenvalue weighted by Gasteiger charge is -2.44. The number of para-hydroxylation sites is 2. The van der Waals surface area contributed by atoms with Crippen molar-refractivity contribution in [2.24, 2.45) is 0 Å². The largest absolute Gasteiger partial charge is 0.457 e. The van der Waals surface area contributed by atoms with Gasteiger partial charge in [0.15, 0.2) is 0 Å². The quantitative estimate of drug-likeness (QED) is 0.310. The number of carbonyl (C=O) groups excluding carboxylic acids is 1. The Kier molecular flexibility index (Phi) is 3.74.